The fourth-order valence-corrected chi connectivity index (χ4v) is 5.18. The summed E-state index contributed by atoms with van der Waals surface area (Å²) in [5, 5.41) is 1.61. The van der Waals surface area contributed by atoms with E-state index in [-0.39, 0.29) is 5.78 Å². The maximum Gasteiger partial charge on any atom is 0.205 e. The molecule has 0 unspecified atom stereocenters. The van der Waals surface area contributed by atoms with E-state index in [1.54, 1.807) is 17.5 Å². The predicted octanol–water partition coefficient (Wildman–Crippen LogP) is 4.90. The van der Waals surface area contributed by atoms with Gasteiger partial charge in [-0.3, -0.25) is 4.79 Å². The van der Waals surface area contributed by atoms with Gasteiger partial charge in [0, 0.05) is 38.3 Å². The number of aromatic amines is 1. The number of aryl methyl sites for hydroxylation is 1. The summed E-state index contributed by atoms with van der Waals surface area (Å²) < 4.78 is 0. The molecule has 3 heterocycles. The Morgan fingerprint density at radius 3 is 3.05 bits per heavy atom. The van der Waals surface area contributed by atoms with E-state index in [9.17, 15) is 4.79 Å². The molecule has 2 aromatic heterocycles. The summed E-state index contributed by atoms with van der Waals surface area (Å²) in [6.07, 6.45) is 2.87. The molecule has 2 nitrogen and oxygen atoms in total. The summed E-state index contributed by atoms with van der Waals surface area (Å²) in [7, 11) is 0. The van der Waals surface area contributed by atoms with Gasteiger partial charge in [0.1, 0.15) is 0 Å². The number of benzene rings is 1. The molecule has 5 heteroatoms. The van der Waals surface area contributed by atoms with Gasteiger partial charge in [0.15, 0.2) is 0 Å². The van der Waals surface area contributed by atoms with Crippen LogP contribution in [0.3, 0.4) is 0 Å². The van der Waals surface area contributed by atoms with Gasteiger partial charge in [0.25, 0.3) is 0 Å². The minimum absolute atomic E-state index is 0.105. The van der Waals surface area contributed by atoms with Crippen LogP contribution < -0.4 is 0 Å². The predicted molar refractivity (Wildman–Crippen MR) is 90.9 cm³/mol. The monoisotopic (exact) mass is 333 g/mol. The largest absolute Gasteiger partial charge is 0.360 e. The van der Waals surface area contributed by atoms with Gasteiger partial charge < -0.3 is 4.98 Å². The molecule has 0 saturated carbocycles. The van der Waals surface area contributed by atoms with E-state index in [4.69, 9.17) is 11.6 Å². The molecule has 1 aromatic carbocycles. The van der Waals surface area contributed by atoms with Crippen molar-refractivity contribution in [1.82, 2.24) is 4.98 Å². The van der Waals surface area contributed by atoms with Crippen molar-refractivity contribution < 1.29 is 4.79 Å². The molecule has 1 N–H and O–H groups in total. The number of H-pyrrole nitrogens is 1. The molecule has 0 fully saturated rings. The molecule has 106 valence electrons. The number of thioether (sulfide) groups is 1. The van der Waals surface area contributed by atoms with Crippen molar-refractivity contribution in [3.05, 3.63) is 56.4 Å². The Morgan fingerprint density at radius 2 is 2.19 bits per heavy atom. The molecule has 0 amide bonds. The highest BCUT2D eigenvalue weighted by molar-refractivity contribution is 7.98. The Bertz CT molecular complexity index is 826. The van der Waals surface area contributed by atoms with E-state index in [0.29, 0.717) is 5.02 Å². The zero-order valence-corrected chi connectivity index (χ0v) is 13.5. The molecule has 0 saturated heterocycles. The summed E-state index contributed by atoms with van der Waals surface area (Å²) in [6, 6.07) is 7.66. The summed E-state index contributed by atoms with van der Waals surface area (Å²) in [5.41, 5.74) is 2.97. The third-order valence-electron chi connectivity index (χ3n) is 3.74. The number of rotatable bonds is 2. The van der Waals surface area contributed by atoms with E-state index in [0.717, 1.165) is 39.3 Å². The van der Waals surface area contributed by atoms with Gasteiger partial charge in [-0.15, -0.1) is 11.3 Å². The molecule has 1 aliphatic rings. The van der Waals surface area contributed by atoms with Crippen molar-refractivity contribution in [1.29, 1.82) is 0 Å². The fraction of sp³-hybridized carbons (Fsp3) is 0.188. The van der Waals surface area contributed by atoms with Gasteiger partial charge in [0.05, 0.1) is 4.88 Å². The SMILES string of the molecule is O=C(c1cc2c(s1)CCSC2)c1c[nH]c2cc(Cl)ccc12. The molecule has 3 aromatic rings. The van der Waals surface area contributed by atoms with Gasteiger partial charge >= 0.3 is 0 Å². The number of hydrogen-bond donors (Lipinski definition) is 1. The number of halogens is 1. The van der Waals surface area contributed by atoms with Gasteiger partial charge in [-0.05, 0) is 35.9 Å². The van der Waals surface area contributed by atoms with Crippen molar-refractivity contribution in [3.8, 4) is 0 Å². The van der Waals surface area contributed by atoms with Crippen LogP contribution >= 0.6 is 34.7 Å². The van der Waals surface area contributed by atoms with Crippen molar-refractivity contribution >= 4 is 51.4 Å². The van der Waals surface area contributed by atoms with Gasteiger partial charge in [-0.25, -0.2) is 0 Å². The number of carbonyl (C=O) groups excluding carboxylic acids is 1. The van der Waals surface area contributed by atoms with Crippen LogP contribution in [0.2, 0.25) is 5.02 Å². The van der Waals surface area contributed by atoms with Crippen LogP contribution in [-0.2, 0) is 12.2 Å². The number of carbonyl (C=O) groups is 1. The Morgan fingerprint density at radius 1 is 1.29 bits per heavy atom. The second-order valence-corrected chi connectivity index (χ2v) is 7.76. The topological polar surface area (TPSA) is 32.9 Å². The average molecular weight is 334 g/mol. The van der Waals surface area contributed by atoms with Crippen molar-refractivity contribution in [3.63, 3.8) is 0 Å². The van der Waals surface area contributed by atoms with Crippen LogP contribution in [-0.4, -0.2) is 16.5 Å². The highest BCUT2D eigenvalue weighted by Crippen LogP contribution is 2.33. The zero-order chi connectivity index (χ0) is 14.4. The summed E-state index contributed by atoms with van der Waals surface area (Å²) in [4.78, 5) is 18.1. The lowest BCUT2D eigenvalue weighted by Crippen LogP contribution is -1.97. The number of fused-ring (bicyclic) bond motifs is 2. The average Bonchev–Trinajstić information content (AvgIpc) is 3.09. The van der Waals surface area contributed by atoms with Crippen molar-refractivity contribution in [2.24, 2.45) is 0 Å². The first-order chi connectivity index (χ1) is 10.2. The molecular weight excluding hydrogens is 322 g/mol. The van der Waals surface area contributed by atoms with E-state index in [2.05, 4.69) is 11.1 Å². The maximum absolute atomic E-state index is 12.8. The molecular formula is C16H12ClNOS2. The highest BCUT2D eigenvalue weighted by Gasteiger charge is 2.20. The van der Waals surface area contributed by atoms with Gasteiger partial charge in [-0.2, -0.15) is 11.8 Å². The number of thiophene rings is 1. The smallest absolute Gasteiger partial charge is 0.205 e. The summed E-state index contributed by atoms with van der Waals surface area (Å²) in [5.74, 6) is 2.29. The first-order valence-electron chi connectivity index (χ1n) is 6.73. The van der Waals surface area contributed by atoms with Crippen molar-refractivity contribution in [2.75, 3.05) is 5.75 Å². The second-order valence-electron chi connectivity index (χ2n) is 5.08. The maximum atomic E-state index is 12.8. The Labute approximate surface area is 135 Å². The molecule has 0 spiro atoms. The number of ketones is 1. The third-order valence-corrected chi connectivity index (χ3v) is 6.22. The Balaban J connectivity index is 1.77. The van der Waals surface area contributed by atoms with E-state index < -0.39 is 0 Å². The minimum Gasteiger partial charge on any atom is -0.360 e. The van der Waals surface area contributed by atoms with E-state index in [1.165, 1.54) is 10.4 Å². The van der Waals surface area contributed by atoms with Crippen LogP contribution in [0.4, 0.5) is 0 Å². The molecule has 21 heavy (non-hydrogen) atoms. The Kier molecular flexibility index (Phi) is 3.32. The zero-order valence-electron chi connectivity index (χ0n) is 11.1. The Hall–Kier alpha value is -1.23. The molecule has 4 rings (SSSR count). The van der Waals surface area contributed by atoms with E-state index in [1.807, 2.05) is 30.0 Å². The van der Waals surface area contributed by atoms with Crippen molar-refractivity contribution in [2.45, 2.75) is 12.2 Å². The lowest BCUT2D eigenvalue weighted by molar-refractivity contribution is 0.104. The number of hydrogen-bond acceptors (Lipinski definition) is 3. The number of nitrogens with one attached hydrogen (secondary N) is 1. The van der Waals surface area contributed by atoms with Crippen LogP contribution in [0.15, 0.2) is 30.5 Å². The molecule has 1 aliphatic heterocycles. The van der Waals surface area contributed by atoms with Crippen LogP contribution in [0, 0.1) is 0 Å². The lowest BCUT2D eigenvalue weighted by atomic mass is 10.1. The molecule has 0 bridgehead atoms. The summed E-state index contributed by atoms with van der Waals surface area (Å²) >= 11 is 9.58. The molecule has 0 atom stereocenters. The molecule has 0 aliphatic carbocycles. The van der Waals surface area contributed by atoms with Gasteiger partial charge in [-0.1, -0.05) is 17.7 Å². The highest BCUT2D eigenvalue weighted by atomic mass is 35.5. The normalized spacial score (nSPS) is 14.3. The minimum atomic E-state index is 0.105. The first kappa shape index (κ1) is 13.4. The van der Waals surface area contributed by atoms with Crippen LogP contribution in [0.25, 0.3) is 10.9 Å². The molecule has 0 radical (unpaired) electrons. The van der Waals surface area contributed by atoms with Crippen LogP contribution in [0.1, 0.15) is 25.7 Å². The third kappa shape index (κ3) is 2.31. The first-order valence-corrected chi connectivity index (χ1v) is 9.08. The fourth-order valence-electron chi connectivity index (χ4n) is 2.68. The summed E-state index contributed by atoms with van der Waals surface area (Å²) in [6.45, 7) is 0. The quantitative estimate of drug-likeness (QED) is 0.676. The lowest BCUT2D eigenvalue weighted by Gasteiger charge is -2.08. The standard InChI is InChI=1S/C16H12ClNOS2/c17-10-1-2-11-12(7-18-13(11)6-10)16(19)15-5-9-8-20-4-3-14(9)21-15/h1-2,5-7,18H,3-4,8H2. The number of aromatic nitrogens is 1. The van der Waals surface area contributed by atoms with Crippen LogP contribution in [0.5, 0.6) is 0 Å². The van der Waals surface area contributed by atoms with E-state index >= 15 is 0 Å². The second kappa shape index (κ2) is 5.20. The van der Waals surface area contributed by atoms with Gasteiger partial charge in [0.2, 0.25) is 5.78 Å².